The molecule has 3 nitrogen and oxygen atoms in total. The molecular weight excluding hydrogens is 260 g/mol. The molecule has 0 saturated carbocycles. The first-order valence-electron chi connectivity index (χ1n) is 6.60. The van der Waals surface area contributed by atoms with Crippen LogP contribution in [0.1, 0.15) is 31.4 Å². The first-order chi connectivity index (χ1) is 9.13. The van der Waals surface area contributed by atoms with E-state index in [4.69, 9.17) is 21.6 Å². The maximum atomic E-state index is 8.75. The first kappa shape index (κ1) is 16.0. The lowest BCUT2D eigenvalue weighted by molar-refractivity contribution is 0.125. The molecule has 0 atom stereocenters. The van der Waals surface area contributed by atoms with Crippen LogP contribution >= 0.6 is 11.6 Å². The minimum absolute atomic E-state index is 0.589. The van der Waals surface area contributed by atoms with Crippen LogP contribution in [0.5, 0.6) is 0 Å². The molecular formula is C15H21ClN2O. The lowest BCUT2D eigenvalue weighted by atomic mass is 10.1. The van der Waals surface area contributed by atoms with Crippen LogP contribution in [0.4, 0.5) is 0 Å². The van der Waals surface area contributed by atoms with Gasteiger partial charge in [-0.1, -0.05) is 31.5 Å². The largest absolute Gasteiger partial charge is 0.380 e. The van der Waals surface area contributed by atoms with E-state index >= 15 is 0 Å². The van der Waals surface area contributed by atoms with E-state index in [0.717, 1.165) is 25.1 Å². The average Bonchev–Trinajstić information content (AvgIpc) is 2.38. The summed E-state index contributed by atoms with van der Waals surface area (Å²) in [5, 5.41) is 12.7. The van der Waals surface area contributed by atoms with Gasteiger partial charge >= 0.3 is 0 Å². The monoisotopic (exact) mass is 280 g/mol. The topological polar surface area (TPSA) is 45.0 Å². The number of hydrogen-bond acceptors (Lipinski definition) is 3. The minimum atomic E-state index is 0.589. The lowest BCUT2D eigenvalue weighted by Crippen LogP contribution is -2.20. The number of rotatable bonds is 8. The third-order valence-corrected chi connectivity index (χ3v) is 3.11. The Kier molecular flexibility index (Phi) is 7.50. The van der Waals surface area contributed by atoms with Crippen molar-refractivity contribution in [3.8, 4) is 6.07 Å². The Hall–Kier alpha value is -1.08. The van der Waals surface area contributed by atoms with Crippen molar-refractivity contribution >= 4 is 11.6 Å². The molecule has 0 aliphatic heterocycles. The van der Waals surface area contributed by atoms with Gasteiger partial charge in [0.25, 0.3) is 0 Å². The van der Waals surface area contributed by atoms with Gasteiger partial charge in [0.15, 0.2) is 0 Å². The second-order valence-electron chi connectivity index (χ2n) is 4.89. The van der Waals surface area contributed by atoms with Gasteiger partial charge < -0.3 is 10.1 Å². The number of nitrogens with one attached hydrogen (secondary N) is 1. The number of halogens is 1. The van der Waals surface area contributed by atoms with Gasteiger partial charge in [0.2, 0.25) is 0 Å². The van der Waals surface area contributed by atoms with E-state index in [1.165, 1.54) is 0 Å². The molecule has 104 valence electrons. The zero-order valence-corrected chi connectivity index (χ0v) is 12.3. The Labute approximate surface area is 120 Å². The zero-order chi connectivity index (χ0) is 14.1. The van der Waals surface area contributed by atoms with Gasteiger partial charge in [-0.15, -0.1) is 0 Å². The summed E-state index contributed by atoms with van der Waals surface area (Å²) in [5.41, 5.74) is 1.59. The molecule has 0 unspecified atom stereocenters. The third kappa shape index (κ3) is 6.58. The van der Waals surface area contributed by atoms with E-state index in [2.05, 4.69) is 25.2 Å². The third-order valence-electron chi connectivity index (χ3n) is 2.76. The van der Waals surface area contributed by atoms with E-state index in [-0.39, 0.29) is 0 Å². The lowest BCUT2D eigenvalue weighted by Gasteiger charge is -2.08. The van der Waals surface area contributed by atoms with Crippen LogP contribution in [0.3, 0.4) is 0 Å². The summed E-state index contributed by atoms with van der Waals surface area (Å²) in [6.07, 6.45) is 1.10. The maximum absolute atomic E-state index is 8.75. The predicted octanol–water partition coefficient (Wildman–Crippen LogP) is 3.36. The molecule has 1 rings (SSSR count). The van der Waals surface area contributed by atoms with E-state index in [9.17, 15) is 0 Å². The minimum Gasteiger partial charge on any atom is -0.380 e. The van der Waals surface area contributed by atoms with Crippen molar-refractivity contribution in [2.24, 2.45) is 5.92 Å². The smallest absolute Gasteiger partial charge is 0.0992 e. The van der Waals surface area contributed by atoms with Gasteiger partial charge in [-0.2, -0.15) is 5.26 Å². The Balaban J connectivity index is 2.18. The molecule has 0 radical (unpaired) electrons. The maximum Gasteiger partial charge on any atom is 0.0992 e. The van der Waals surface area contributed by atoms with Gasteiger partial charge in [0, 0.05) is 24.7 Å². The Morgan fingerprint density at radius 2 is 2.16 bits per heavy atom. The van der Waals surface area contributed by atoms with E-state index in [1.54, 1.807) is 12.1 Å². The standard InChI is InChI=1S/C15H21ClN2O/c1-12(2)5-7-19-8-6-18-11-14-4-3-13(10-17)9-15(14)16/h3-4,9,12,18H,5-8,11H2,1-2H3. The number of benzene rings is 1. The van der Waals surface area contributed by atoms with Crippen LogP contribution in [0, 0.1) is 17.2 Å². The van der Waals surface area contributed by atoms with Crippen molar-refractivity contribution in [1.29, 1.82) is 5.26 Å². The highest BCUT2D eigenvalue weighted by Gasteiger charge is 2.01. The second-order valence-corrected chi connectivity index (χ2v) is 5.30. The summed E-state index contributed by atoms with van der Waals surface area (Å²) in [4.78, 5) is 0. The van der Waals surface area contributed by atoms with Crippen molar-refractivity contribution in [2.45, 2.75) is 26.8 Å². The summed E-state index contributed by atoms with van der Waals surface area (Å²) in [7, 11) is 0. The molecule has 1 N–H and O–H groups in total. The SMILES string of the molecule is CC(C)CCOCCNCc1ccc(C#N)cc1Cl. The van der Waals surface area contributed by atoms with Crippen molar-refractivity contribution in [2.75, 3.05) is 19.8 Å². The predicted molar refractivity (Wildman–Crippen MR) is 78.1 cm³/mol. The number of nitrogens with zero attached hydrogens (tertiary/aromatic N) is 1. The molecule has 0 fully saturated rings. The fourth-order valence-corrected chi connectivity index (χ4v) is 1.80. The summed E-state index contributed by atoms with van der Waals surface area (Å²) in [6.45, 7) is 7.40. The molecule has 0 bridgehead atoms. The Bertz CT molecular complexity index is 427. The molecule has 0 amide bonds. The van der Waals surface area contributed by atoms with E-state index in [0.29, 0.717) is 29.7 Å². The van der Waals surface area contributed by atoms with Crippen molar-refractivity contribution in [1.82, 2.24) is 5.32 Å². The summed E-state index contributed by atoms with van der Waals surface area (Å²) in [5.74, 6) is 0.686. The van der Waals surface area contributed by atoms with Gasteiger partial charge in [-0.05, 0) is 30.0 Å². The molecule has 4 heteroatoms. The molecule has 19 heavy (non-hydrogen) atoms. The van der Waals surface area contributed by atoms with E-state index < -0.39 is 0 Å². The summed E-state index contributed by atoms with van der Waals surface area (Å²) < 4.78 is 5.51. The number of hydrogen-bond donors (Lipinski definition) is 1. The fraction of sp³-hybridized carbons (Fsp3) is 0.533. The average molecular weight is 281 g/mol. The van der Waals surface area contributed by atoms with Crippen LogP contribution < -0.4 is 5.32 Å². The highest BCUT2D eigenvalue weighted by atomic mass is 35.5. The normalized spacial score (nSPS) is 10.7. The quantitative estimate of drug-likeness (QED) is 0.743. The van der Waals surface area contributed by atoms with Crippen LogP contribution in [0.25, 0.3) is 0 Å². The summed E-state index contributed by atoms with van der Waals surface area (Å²) in [6, 6.07) is 7.42. The second kappa shape index (κ2) is 8.92. The molecule has 0 aliphatic rings. The van der Waals surface area contributed by atoms with Crippen LogP contribution in [0.2, 0.25) is 5.02 Å². The highest BCUT2D eigenvalue weighted by molar-refractivity contribution is 6.31. The molecule has 0 aliphatic carbocycles. The molecule has 1 aromatic carbocycles. The van der Waals surface area contributed by atoms with Gasteiger partial charge in [0.05, 0.1) is 18.2 Å². The Morgan fingerprint density at radius 1 is 1.37 bits per heavy atom. The number of nitriles is 1. The first-order valence-corrected chi connectivity index (χ1v) is 6.98. The van der Waals surface area contributed by atoms with Crippen molar-refractivity contribution < 1.29 is 4.74 Å². The van der Waals surface area contributed by atoms with E-state index in [1.807, 2.05) is 6.07 Å². The van der Waals surface area contributed by atoms with Gasteiger partial charge in [0.1, 0.15) is 0 Å². The highest BCUT2D eigenvalue weighted by Crippen LogP contribution is 2.17. The van der Waals surface area contributed by atoms with Crippen LogP contribution in [0.15, 0.2) is 18.2 Å². The molecule has 0 aromatic heterocycles. The van der Waals surface area contributed by atoms with Crippen molar-refractivity contribution in [3.63, 3.8) is 0 Å². The van der Waals surface area contributed by atoms with Gasteiger partial charge in [-0.3, -0.25) is 0 Å². The molecule has 0 spiro atoms. The fourth-order valence-electron chi connectivity index (χ4n) is 1.55. The number of ether oxygens (including phenoxy) is 1. The zero-order valence-electron chi connectivity index (χ0n) is 11.6. The van der Waals surface area contributed by atoms with Gasteiger partial charge in [-0.25, -0.2) is 0 Å². The molecule has 0 saturated heterocycles. The van der Waals surface area contributed by atoms with Crippen molar-refractivity contribution in [3.05, 3.63) is 34.3 Å². The molecule has 1 aromatic rings. The Morgan fingerprint density at radius 3 is 2.79 bits per heavy atom. The van der Waals surface area contributed by atoms with Crippen LogP contribution in [-0.2, 0) is 11.3 Å². The summed E-state index contributed by atoms with van der Waals surface area (Å²) >= 11 is 6.08. The molecule has 0 heterocycles. The van der Waals surface area contributed by atoms with Crippen LogP contribution in [-0.4, -0.2) is 19.8 Å².